The van der Waals surface area contributed by atoms with Crippen molar-refractivity contribution in [2.45, 2.75) is 23.8 Å². The molecule has 1 N–H and O–H groups in total. The molecule has 2 aromatic rings. The molecule has 0 aromatic heterocycles. The van der Waals surface area contributed by atoms with E-state index in [1.165, 1.54) is 23.5 Å². The molecule has 2 amide bonds. The molecule has 2 aliphatic rings. The second kappa shape index (κ2) is 9.05. The highest BCUT2D eigenvalue weighted by Crippen LogP contribution is 2.45. The fraction of sp³-hybridized carbons (Fsp3) is 0.364. The molecule has 2 aromatic carbocycles. The number of carbonyl (C=O) groups excluding carboxylic acids is 2. The lowest BCUT2D eigenvalue weighted by Crippen LogP contribution is -2.36. The second-order valence-electron chi connectivity index (χ2n) is 7.05. The zero-order valence-electron chi connectivity index (χ0n) is 15.7. The maximum atomic E-state index is 12.9. The van der Waals surface area contributed by atoms with E-state index in [0.717, 1.165) is 25.9 Å². The Labute approximate surface area is 174 Å². The highest BCUT2D eigenvalue weighted by Gasteiger charge is 2.22. The molecule has 2 heterocycles. The van der Waals surface area contributed by atoms with Crippen LogP contribution in [0.15, 0.2) is 48.5 Å². The molecule has 2 saturated heterocycles. The van der Waals surface area contributed by atoms with Gasteiger partial charge < -0.3 is 10.2 Å². The van der Waals surface area contributed by atoms with Gasteiger partial charge in [0, 0.05) is 30.2 Å². The molecule has 2 aliphatic heterocycles. The Bertz CT molecular complexity index is 842. The van der Waals surface area contributed by atoms with Crippen molar-refractivity contribution in [3.05, 3.63) is 65.2 Å². The van der Waals surface area contributed by atoms with E-state index in [0.29, 0.717) is 21.4 Å². The van der Waals surface area contributed by atoms with Crippen LogP contribution < -0.4 is 5.32 Å². The average Bonchev–Trinajstić information content (AvgIpc) is 3.29. The quantitative estimate of drug-likeness (QED) is 0.764. The number of hydrogen-bond acceptors (Lipinski definition) is 4. The largest absolute Gasteiger partial charge is 0.339 e. The number of nitrogens with one attached hydrogen (secondary N) is 1. The third kappa shape index (κ3) is 4.39. The van der Waals surface area contributed by atoms with Gasteiger partial charge in [0.05, 0.1) is 15.8 Å². The number of benzene rings is 2. The van der Waals surface area contributed by atoms with E-state index in [-0.39, 0.29) is 11.8 Å². The fourth-order valence-electron chi connectivity index (χ4n) is 3.58. The highest BCUT2D eigenvalue weighted by atomic mass is 32.2. The first kappa shape index (κ1) is 19.4. The molecule has 2 fully saturated rings. The molecular weight excluding hydrogens is 388 g/mol. The summed E-state index contributed by atoms with van der Waals surface area (Å²) in [6, 6.07) is 15.1. The van der Waals surface area contributed by atoms with Gasteiger partial charge in [-0.05, 0) is 49.1 Å². The highest BCUT2D eigenvalue weighted by molar-refractivity contribution is 8.19. The molecule has 0 unspecified atom stereocenters. The van der Waals surface area contributed by atoms with E-state index in [1.54, 1.807) is 12.1 Å². The summed E-state index contributed by atoms with van der Waals surface area (Å²) in [6.45, 7) is 1.58. The van der Waals surface area contributed by atoms with Crippen LogP contribution in [0.5, 0.6) is 0 Å². The maximum absolute atomic E-state index is 12.9. The maximum Gasteiger partial charge on any atom is 0.255 e. The van der Waals surface area contributed by atoms with Crippen LogP contribution in [0.1, 0.15) is 50.1 Å². The fourth-order valence-corrected chi connectivity index (χ4v) is 6.44. The van der Waals surface area contributed by atoms with Gasteiger partial charge in [0.25, 0.3) is 11.8 Å². The van der Waals surface area contributed by atoms with Crippen LogP contribution in [0.4, 0.5) is 5.69 Å². The topological polar surface area (TPSA) is 49.4 Å². The standard InChI is InChI=1S/C22H24N2O2S2/c25-20(16-8-10-17(11-9-16)22-27-14-15-28-22)23-19-7-3-2-6-18(19)21(26)24-12-4-1-5-13-24/h2-3,6-11,22H,1,4-5,12-15H2,(H,23,25). The molecule has 0 radical (unpaired) electrons. The van der Waals surface area contributed by atoms with Crippen molar-refractivity contribution in [1.29, 1.82) is 0 Å². The second-order valence-corrected chi connectivity index (χ2v) is 9.77. The van der Waals surface area contributed by atoms with Gasteiger partial charge >= 0.3 is 0 Å². The normalized spacial score (nSPS) is 17.5. The summed E-state index contributed by atoms with van der Waals surface area (Å²) >= 11 is 3.90. The molecule has 4 nitrogen and oxygen atoms in total. The van der Waals surface area contributed by atoms with Crippen molar-refractivity contribution in [3.8, 4) is 0 Å². The number of para-hydroxylation sites is 1. The SMILES string of the molecule is O=C(Nc1ccccc1C(=O)N1CCCCC1)c1ccc(C2SCCS2)cc1. The van der Waals surface area contributed by atoms with Crippen LogP contribution >= 0.6 is 23.5 Å². The summed E-state index contributed by atoms with van der Waals surface area (Å²) in [4.78, 5) is 27.5. The van der Waals surface area contributed by atoms with Gasteiger partial charge in [0.2, 0.25) is 0 Å². The van der Waals surface area contributed by atoms with E-state index < -0.39 is 0 Å². The number of carbonyl (C=O) groups is 2. The number of rotatable bonds is 4. The minimum Gasteiger partial charge on any atom is -0.339 e. The number of likely N-dealkylation sites (tertiary alicyclic amines) is 1. The Morgan fingerprint density at radius 1 is 0.893 bits per heavy atom. The monoisotopic (exact) mass is 412 g/mol. The van der Waals surface area contributed by atoms with Gasteiger partial charge in [0.15, 0.2) is 0 Å². The van der Waals surface area contributed by atoms with Crippen molar-refractivity contribution in [3.63, 3.8) is 0 Å². The number of amides is 2. The van der Waals surface area contributed by atoms with Crippen molar-refractivity contribution >= 4 is 41.0 Å². The first-order valence-corrected chi connectivity index (χ1v) is 11.8. The van der Waals surface area contributed by atoms with E-state index in [9.17, 15) is 9.59 Å². The first-order valence-electron chi connectivity index (χ1n) is 9.75. The third-order valence-corrected chi connectivity index (χ3v) is 8.22. The molecular formula is C22H24N2O2S2. The van der Waals surface area contributed by atoms with Crippen LogP contribution in [0.3, 0.4) is 0 Å². The number of hydrogen-bond donors (Lipinski definition) is 1. The van der Waals surface area contributed by atoms with Crippen LogP contribution in [0.2, 0.25) is 0 Å². The van der Waals surface area contributed by atoms with Gasteiger partial charge in [-0.2, -0.15) is 0 Å². The van der Waals surface area contributed by atoms with E-state index in [2.05, 4.69) is 5.32 Å². The summed E-state index contributed by atoms with van der Waals surface area (Å²) in [5, 5.41) is 2.94. The van der Waals surface area contributed by atoms with Crippen molar-refractivity contribution in [2.75, 3.05) is 29.9 Å². The molecule has 0 aliphatic carbocycles. The van der Waals surface area contributed by atoms with Gasteiger partial charge in [0.1, 0.15) is 0 Å². The number of piperidine rings is 1. The molecule has 6 heteroatoms. The van der Waals surface area contributed by atoms with E-state index in [4.69, 9.17) is 0 Å². The lowest BCUT2D eigenvalue weighted by atomic mass is 10.1. The molecule has 146 valence electrons. The summed E-state index contributed by atoms with van der Waals surface area (Å²) in [6.07, 6.45) is 3.27. The van der Waals surface area contributed by atoms with Crippen LogP contribution in [0.25, 0.3) is 0 Å². The summed E-state index contributed by atoms with van der Waals surface area (Å²) in [5.41, 5.74) is 3.00. The first-order chi connectivity index (χ1) is 13.7. The number of anilines is 1. The van der Waals surface area contributed by atoms with Crippen LogP contribution in [-0.4, -0.2) is 41.3 Å². The average molecular weight is 413 g/mol. The smallest absolute Gasteiger partial charge is 0.255 e. The molecule has 4 rings (SSSR count). The minimum absolute atomic E-state index is 0.00114. The molecule has 0 atom stereocenters. The number of thioether (sulfide) groups is 2. The Morgan fingerprint density at radius 2 is 1.57 bits per heavy atom. The Kier molecular flexibility index (Phi) is 6.27. The molecule has 28 heavy (non-hydrogen) atoms. The summed E-state index contributed by atoms with van der Waals surface area (Å²) in [5.74, 6) is 2.18. The van der Waals surface area contributed by atoms with Crippen molar-refractivity contribution in [1.82, 2.24) is 4.90 Å². The van der Waals surface area contributed by atoms with Gasteiger partial charge in [-0.1, -0.05) is 24.3 Å². The molecule has 0 bridgehead atoms. The minimum atomic E-state index is -0.183. The summed E-state index contributed by atoms with van der Waals surface area (Å²) < 4.78 is 0.472. The van der Waals surface area contributed by atoms with Crippen molar-refractivity contribution in [2.24, 2.45) is 0 Å². The van der Waals surface area contributed by atoms with Gasteiger partial charge in [-0.15, -0.1) is 23.5 Å². The van der Waals surface area contributed by atoms with Crippen LogP contribution in [-0.2, 0) is 0 Å². The van der Waals surface area contributed by atoms with Gasteiger partial charge in [-0.25, -0.2) is 0 Å². The summed E-state index contributed by atoms with van der Waals surface area (Å²) in [7, 11) is 0. The van der Waals surface area contributed by atoms with Crippen molar-refractivity contribution < 1.29 is 9.59 Å². The Morgan fingerprint density at radius 3 is 2.29 bits per heavy atom. The lowest BCUT2D eigenvalue weighted by Gasteiger charge is -2.27. The lowest BCUT2D eigenvalue weighted by molar-refractivity contribution is 0.0725. The predicted octanol–water partition coefficient (Wildman–Crippen LogP) is 5.04. The van der Waals surface area contributed by atoms with Gasteiger partial charge in [-0.3, -0.25) is 9.59 Å². The predicted molar refractivity (Wildman–Crippen MR) is 118 cm³/mol. The third-order valence-electron chi connectivity index (χ3n) is 5.12. The number of nitrogens with zero attached hydrogens (tertiary/aromatic N) is 1. The van der Waals surface area contributed by atoms with E-state index >= 15 is 0 Å². The Balaban J connectivity index is 1.47. The molecule has 0 spiro atoms. The van der Waals surface area contributed by atoms with Crippen LogP contribution in [0, 0.1) is 0 Å². The van der Waals surface area contributed by atoms with E-state index in [1.807, 2.05) is 64.8 Å². The zero-order chi connectivity index (χ0) is 19.3. The molecule has 0 saturated carbocycles. The Hall–Kier alpha value is -1.92. The zero-order valence-corrected chi connectivity index (χ0v) is 17.4.